The highest BCUT2D eigenvalue weighted by molar-refractivity contribution is 7.99. The van der Waals surface area contributed by atoms with Crippen molar-refractivity contribution in [2.45, 2.75) is 29.9 Å². The molecule has 0 aromatic carbocycles. The molecule has 0 fully saturated rings. The van der Waals surface area contributed by atoms with Gasteiger partial charge in [0, 0.05) is 24.0 Å². The molecule has 5 heteroatoms. The van der Waals surface area contributed by atoms with Crippen molar-refractivity contribution >= 4 is 11.8 Å². The lowest BCUT2D eigenvalue weighted by atomic mass is 10.1. The molecular formula is C13H16N4S. The summed E-state index contributed by atoms with van der Waals surface area (Å²) in [6, 6.07) is 6.24. The Balaban J connectivity index is 2.22. The molecule has 0 saturated heterocycles. The average Bonchev–Trinajstić information content (AvgIpc) is 2.41. The number of nitrogens with zero attached hydrogens (tertiary/aromatic N) is 3. The van der Waals surface area contributed by atoms with E-state index in [9.17, 15) is 0 Å². The molecule has 2 heterocycles. The Bertz CT molecular complexity index is 489. The molecule has 0 amide bonds. The van der Waals surface area contributed by atoms with Crippen molar-refractivity contribution in [3.63, 3.8) is 0 Å². The molecule has 0 bridgehead atoms. The summed E-state index contributed by atoms with van der Waals surface area (Å²) in [7, 11) is 0. The van der Waals surface area contributed by atoms with Gasteiger partial charge in [-0.05, 0) is 37.4 Å². The van der Waals surface area contributed by atoms with Gasteiger partial charge in [-0.3, -0.25) is 0 Å². The van der Waals surface area contributed by atoms with Gasteiger partial charge in [0.05, 0.1) is 0 Å². The second kappa shape index (κ2) is 6.47. The molecule has 2 aromatic heterocycles. The van der Waals surface area contributed by atoms with E-state index in [1.165, 1.54) is 5.56 Å². The summed E-state index contributed by atoms with van der Waals surface area (Å²) in [5, 5.41) is 5.30. The van der Waals surface area contributed by atoms with Crippen LogP contribution in [-0.2, 0) is 0 Å². The van der Waals surface area contributed by atoms with Crippen LogP contribution in [0.2, 0.25) is 0 Å². The van der Waals surface area contributed by atoms with Crippen LogP contribution < -0.4 is 5.32 Å². The average molecular weight is 260 g/mol. The molecule has 0 aliphatic rings. The highest BCUT2D eigenvalue weighted by atomic mass is 32.2. The molecule has 1 atom stereocenters. The van der Waals surface area contributed by atoms with Crippen LogP contribution >= 0.6 is 11.8 Å². The number of pyridine rings is 1. The van der Waals surface area contributed by atoms with Crippen molar-refractivity contribution < 1.29 is 0 Å². The largest absolute Gasteiger partial charge is 0.310 e. The zero-order chi connectivity index (χ0) is 12.8. The molecule has 2 aromatic rings. The maximum absolute atomic E-state index is 4.44. The van der Waals surface area contributed by atoms with Crippen molar-refractivity contribution in [1.82, 2.24) is 20.3 Å². The fourth-order valence-corrected chi connectivity index (χ4v) is 2.58. The summed E-state index contributed by atoms with van der Waals surface area (Å²) >= 11 is 1.57. The quantitative estimate of drug-likeness (QED) is 0.838. The lowest BCUT2D eigenvalue weighted by Gasteiger charge is -2.15. The minimum absolute atomic E-state index is 0.285. The Morgan fingerprint density at radius 3 is 2.89 bits per heavy atom. The SMILES string of the molecule is CCNC(C)c1cccnc1Sc1ccncn1. The zero-order valence-electron chi connectivity index (χ0n) is 10.5. The van der Waals surface area contributed by atoms with E-state index in [0.717, 1.165) is 16.6 Å². The second-order valence-corrected chi connectivity index (χ2v) is 4.84. The van der Waals surface area contributed by atoms with Gasteiger partial charge in [-0.25, -0.2) is 15.0 Å². The maximum atomic E-state index is 4.44. The van der Waals surface area contributed by atoms with Crippen molar-refractivity contribution in [1.29, 1.82) is 0 Å². The molecule has 94 valence electrons. The summed E-state index contributed by atoms with van der Waals surface area (Å²) in [6.45, 7) is 5.18. The van der Waals surface area contributed by atoms with Gasteiger partial charge in [0.15, 0.2) is 0 Å². The Labute approximate surface area is 111 Å². The van der Waals surface area contributed by atoms with Crippen LogP contribution in [0.15, 0.2) is 47.0 Å². The normalized spacial score (nSPS) is 12.3. The molecule has 0 aliphatic heterocycles. The van der Waals surface area contributed by atoms with Crippen molar-refractivity contribution in [2.24, 2.45) is 0 Å². The molecule has 1 unspecified atom stereocenters. The van der Waals surface area contributed by atoms with Crippen molar-refractivity contribution in [3.05, 3.63) is 42.5 Å². The van der Waals surface area contributed by atoms with Crippen LogP contribution in [0.5, 0.6) is 0 Å². The van der Waals surface area contributed by atoms with Gasteiger partial charge in [-0.1, -0.05) is 13.0 Å². The van der Waals surface area contributed by atoms with E-state index in [2.05, 4.69) is 40.2 Å². The summed E-state index contributed by atoms with van der Waals surface area (Å²) in [4.78, 5) is 12.6. The van der Waals surface area contributed by atoms with E-state index in [-0.39, 0.29) is 6.04 Å². The van der Waals surface area contributed by atoms with Gasteiger partial charge in [0.1, 0.15) is 16.4 Å². The van der Waals surface area contributed by atoms with E-state index in [4.69, 9.17) is 0 Å². The number of aromatic nitrogens is 3. The first-order chi connectivity index (χ1) is 8.81. The Kier molecular flexibility index (Phi) is 4.66. The van der Waals surface area contributed by atoms with Gasteiger partial charge < -0.3 is 5.32 Å². The molecule has 18 heavy (non-hydrogen) atoms. The van der Waals surface area contributed by atoms with E-state index >= 15 is 0 Å². The first-order valence-electron chi connectivity index (χ1n) is 5.93. The fraction of sp³-hybridized carbons (Fsp3) is 0.308. The van der Waals surface area contributed by atoms with E-state index in [1.54, 1.807) is 24.3 Å². The smallest absolute Gasteiger partial charge is 0.116 e. The second-order valence-electron chi connectivity index (χ2n) is 3.83. The molecule has 2 rings (SSSR count). The summed E-state index contributed by atoms with van der Waals surface area (Å²) < 4.78 is 0. The van der Waals surface area contributed by atoms with E-state index in [1.807, 2.05) is 18.3 Å². The summed E-state index contributed by atoms with van der Waals surface area (Å²) in [5.74, 6) is 0. The van der Waals surface area contributed by atoms with Crippen LogP contribution in [0.3, 0.4) is 0 Å². The Morgan fingerprint density at radius 2 is 2.17 bits per heavy atom. The summed E-state index contributed by atoms with van der Waals surface area (Å²) in [6.07, 6.45) is 5.11. The number of hydrogen-bond donors (Lipinski definition) is 1. The highest BCUT2D eigenvalue weighted by Crippen LogP contribution is 2.29. The molecule has 4 nitrogen and oxygen atoms in total. The van der Waals surface area contributed by atoms with Crippen molar-refractivity contribution in [2.75, 3.05) is 6.54 Å². The van der Waals surface area contributed by atoms with Gasteiger partial charge in [-0.15, -0.1) is 0 Å². The van der Waals surface area contributed by atoms with E-state index < -0.39 is 0 Å². The predicted molar refractivity (Wildman–Crippen MR) is 72.5 cm³/mol. The minimum Gasteiger partial charge on any atom is -0.310 e. The lowest BCUT2D eigenvalue weighted by Crippen LogP contribution is -2.18. The maximum Gasteiger partial charge on any atom is 0.116 e. The van der Waals surface area contributed by atoms with Crippen LogP contribution in [0.4, 0.5) is 0 Å². The molecular weight excluding hydrogens is 244 g/mol. The zero-order valence-corrected chi connectivity index (χ0v) is 11.3. The minimum atomic E-state index is 0.285. The third-order valence-electron chi connectivity index (χ3n) is 2.53. The molecule has 0 saturated carbocycles. The monoisotopic (exact) mass is 260 g/mol. The van der Waals surface area contributed by atoms with E-state index in [0.29, 0.717) is 0 Å². The third-order valence-corrected chi connectivity index (χ3v) is 3.52. The highest BCUT2D eigenvalue weighted by Gasteiger charge is 2.11. The van der Waals surface area contributed by atoms with Crippen LogP contribution in [-0.4, -0.2) is 21.5 Å². The first kappa shape index (κ1) is 13.0. The first-order valence-corrected chi connectivity index (χ1v) is 6.75. The standard InChI is InChI=1S/C13H16N4S/c1-3-15-10(2)11-5-4-7-16-13(11)18-12-6-8-14-9-17-12/h4-10,15H,3H2,1-2H3. The van der Waals surface area contributed by atoms with Crippen LogP contribution in [0, 0.1) is 0 Å². The Morgan fingerprint density at radius 1 is 1.28 bits per heavy atom. The number of rotatable bonds is 5. The molecule has 1 N–H and O–H groups in total. The topological polar surface area (TPSA) is 50.7 Å². The van der Waals surface area contributed by atoms with Gasteiger partial charge in [-0.2, -0.15) is 0 Å². The third kappa shape index (κ3) is 3.27. The molecule has 0 aliphatic carbocycles. The lowest BCUT2D eigenvalue weighted by molar-refractivity contribution is 0.585. The van der Waals surface area contributed by atoms with Crippen molar-refractivity contribution in [3.8, 4) is 0 Å². The van der Waals surface area contributed by atoms with Crippen LogP contribution in [0.1, 0.15) is 25.5 Å². The predicted octanol–water partition coefficient (Wildman–Crippen LogP) is 2.69. The van der Waals surface area contributed by atoms with Gasteiger partial charge in [0.2, 0.25) is 0 Å². The van der Waals surface area contributed by atoms with Crippen LogP contribution in [0.25, 0.3) is 0 Å². The Hall–Kier alpha value is -1.46. The molecule has 0 radical (unpaired) electrons. The fourth-order valence-electron chi connectivity index (χ4n) is 1.67. The number of hydrogen-bond acceptors (Lipinski definition) is 5. The molecule has 0 spiro atoms. The van der Waals surface area contributed by atoms with Gasteiger partial charge >= 0.3 is 0 Å². The number of nitrogens with one attached hydrogen (secondary N) is 1. The van der Waals surface area contributed by atoms with Gasteiger partial charge in [0.25, 0.3) is 0 Å². The summed E-state index contributed by atoms with van der Waals surface area (Å²) in [5.41, 5.74) is 1.20.